The maximum atomic E-state index is 12.7. The Bertz CT molecular complexity index is 1010. The number of nitrogens with one attached hydrogen (secondary N) is 1. The van der Waals surface area contributed by atoms with Crippen LogP contribution in [-0.2, 0) is 26.2 Å². The number of imide groups is 1. The zero-order chi connectivity index (χ0) is 20.6. The molecule has 2 aromatic rings. The number of aromatic nitrogens is 2. The summed E-state index contributed by atoms with van der Waals surface area (Å²) >= 11 is 0. The van der Waals surface area contributed by atoms with E-state index in [-0.39, 0.29) is 31.0 Å². The average molecular weight is 389 g/mol. The Balaban J connectivity index is 1.87. The number of imidazole rings is 1. The summed E-state index contributed by atoms with van der Waals surface area (Å²) in [7, 11) is 1.59. The molecule has 2 amide bonds. The molecule has 0 bridgehead atoms. The van der Waals surface area contributed by atoms with Crippen molar-refractivity contribution in [3.05, 3.63) is 28.7 Å². The zero-order valence-electron chi connectivity index (χ0n) is 16.3. The van der Waals surface area contributed by atoms with Crippen molar-refractivity contribution in [1.82, 2.24) is 14.5 Å². The molecule has 2 heterocycles. The number of esters is 1. The van der Waals surface area contributed by atoms with E-state index in [9.17, 15) is 19.2 Å². The van der Waals surface area contributed by atoms with Gasteiger partial charge in [-0.3, -0.25) is 24.0 Å². The van der Waals surface area contributed by atoms with E-state index in [0.717, 1.165) is 0 Å². The summed E-state index contributed by atoms with van der Waals surface area (Å²) in [5.74, 6) is -0.930. The minimum atomic E-state index is -0.748. The van der Waals surface area contributed by atoms with Crippen LogP contribution in [-0.4, -0.2) is 39.1 Å². The molecule has 3 rings (SSSR count). The molecule has 1 N–H and O–H groups in total. The highest BCUT2D eigenvalue weighted by Gasteiger charge is 2.31. The first-order chi connectivity index (χ1) is 13.1. The van der Waals surface area contributed by atoms with E-state index in [2.05, 4.69) is 5.32 Å². The van der Waals surface area contributed by atoms with Crippen LogP contribution in [0.15, 0.2) is 23.0 Å². The Morgan fingerprint density at radius 1 is 1.21 bits per heavy atom. The van der Waals surface area contributed by atoms with E-state index in [4.69, 9.17) is 9.47 Å². The third kappa shape index (κ3) is 3.92. The van der Waals surface area contributed by atoms with E-state index in [1.165, 1.54) is 9.13 Å². The molecule has 0 aliphatic carbocycles. The number of fused-ring (bicyclic) bond motifs is 1. The number of hydrogen-bond donors (Lipinski definition) is 1. The van der Waals surface area contributed by atoms with Crippen LogP contribution in [0.1, 0.15) is 39.7 Å². The zero-order valence-corrected chi connectivity index (χ0v) is 16.3. The second-order valence-corrected chi connectivity index (χ2v) is 7.70. The number of aryl methyl sites for hydroxylation is 1. The highest BCUT2D eigenvalue weighted by Crippen LogP contribution is 2.25. The minimum absolute atomic E-state index is 0.177. The van der Waals surface area contributed by atoms with Gasteiger partial charge in [0, 0.05) is 19.5 Å². The molecule has 1 aromatic carbocycles. The summed E-state index contributed by atoms with van der Waals surface area (Å²) < 4.78 is 13.5. The molecule has 1 aliphatic heterocycles. The fraction of sp³-hybridized carbons (Fsp3) is 0.474. The maximum absolute atomic E-state index is 12.7. The van der Waals surface area contributed by atoms with Crippen molar-refractivity contribution in [3.63, 3.8) is 0 Å². The summed E-state index contributed by atoms with van der Waals surface area (Å²) in [5, 5.41) is 2.27. The third-order valence-corrected chi connectivity index (χ3v) is 4.36. The van der Waals surface area contributed by atoms with E-state index < -0.39 is 23.5 Å². The molecule has 1 atom stereocenters. The largest absolute Gasteiger partial charge is 0.482 e. The molecule has 1 saturated heterocycles. The van der Waals surface area contributed by atoms with Crippen molar-refractivity contribution in [2.45, 2.75) is 45.3 Å². The van der Waals surface area contributed by atoms with Gasteiger partial charge in [0.25, 0.3) is 0 Å². The lowest BCUT2D eigenvalue weighted by molar-refractivity contribution is -0.157. The number of piperidine rings is 1. The number of benzene rings is 1. The van der Waals surface area contributed by atoms with Gasteiger partial charge >= 0.3 is 11.7 Å². The molecule has 28 heavy (non-hydrogen) atoms. The van der Waals surface area contributed by atoms with Gasteiger partial charge < -0.3 is 9.47 Å². The predicted octanol–water partition coefficient (Wildman–Crippen LogP) is 1.04. The van der Waals surface area contributed by atoms with E-state index in [1.807, 2.05) is 0 Å². The van der Waals surface area contributed by atoms with Crippen molar-refractivity contribution >= 4 is 28.8 Å². The highest BCUT2D eigenvalue weighted by atomic mass is 16.6. The van der Waals surface area contributed by atoms with Crippen LogP contribution in [0.4, 0.5) is 0 Å². The Morgan fingerprint density at radius 3 is 2.57 bits per heavy atom. The van der Waals surface area contributed by atoms with Gasteiger partial charge in [-0.15, -0.1) is 0 Å². The lowest BCUT2D eigenvalue weighted by Crippen LogP contribution is -2.44. The number of carbonyl (C=O) groups excluding carboxylic acids is 3. The normalized spacial score (nSPS) is 17.5. The second kappa shape index (κ2) is 7.14. The Hall–Kier alpha value is -3.10. The van der Waals surface area contributed by atoms with Crippen molar-refractivity contribution in [2.75, 3.05) is 6.61 Å². The molecule has 150 valence electrons. The lowest BCUT2D eigenvalue weighted by Gasteiger charge is -2.22. The number of nitrogens with zero attached hydrogens (tertiary/aromatic N) is 2. The number of ether oxygens (including phenoxy) is 2. The van der Waals surface area contributed by atoms with Gasteiger partial charge in [-0.25, -0.2) is 9.59 Å². The quantitative estimate of drug-likeness (QED) is 0.618. The number of carbonyl (C=O) groups is 3. The molecular weight excluding hydrogens is 366 g/mol. The number of hydrogen-bond acceptors (Lipinski definition) is 6. The first kappa shape index (κ1) is 19.7. The van der Waals surface area contributed by atoms with Gasteiger partial charge in [0.2, 0.25) is 11.8 Å². The monoisotopic (exact) mass is 389 g/mol. The lowest BCUT2D eigenvalue weighted by atomic mass is 10.1. The smallest absolute Gasteiger partial charge is 0.344 e. The molecule has 0 spiro atoms. The van der Waals surface area contributed by atoms with Gasteiger partial charge in [0.15, 0.2) is 6.61 Å². The maximum Gasteiger partial charge on any atom is 0.344 e. The van der Waals surface area contributed by atoms with Gasteiger partial charge in [0.1, 0.15) is 17.4 Å². The van der Waals surface area contributed by atoms with Gasteiger partial charge in [-0.2, -0.15) is 0 Å². The molecule has 1 fully saturated rings. The van der Waals surface area contributed by atoms with Crippen LogP contribution in [0.25, 0.3) is 11.0 Å². The molecule has 9 nitrogen and oxygen atoms in total. The summed E-state index contributed by atoms with van der Waals surface area (Å²) in [6.07, 6.45) is 0.441. The predicted molar refractivity (Wildman–Crippen MR) is 99.9 cm³/mol. The first-order valence-corrected chi connectivity index (χ1v) is 8.96. The highest BCUT2D eigenvalue weighted by molar-refractivity contribution is 6.00. The summed E-state index contributed by atoms with van der Waals surface area (Å²) in [4.78, 5) is 48.1. The Labute approximate surface area is 161 Å². The SMILES string of the molecule is Cn1c(=O)n(C2CCC(=O)NC2=O)c2ccc(OCC(=O)OC(C)(C)C)cc21. The van der Waals surface area contributed by atoms with E-state index in [1.54, 1.807) is 46.0 Å². The van der Waals surface area contributed by atoms with Crippen LogP contribution in [0.2, 0.25) is 0 Å². The summed E-state index contributed by atoms with van der Waals surface area (Å²) in [5.41, 5.74) is 0.129. The fourth-order valence-corrected chi connectivity index (χ4v) is 3.18. The second-order valence-electron chi connectivity index (χ2n) is 7.70. The molecule has 1 unspecified atom stereocenters. The van der Waals surface area contributed by atoms with Gasteiger partial charge in [-0.05, 0) is 39.3 Å². The van der Waals surface area contributed by atoms with Crippen molar-refractivity contribution in [2.24, 2.45) is 7.05 Å². The third-order valence-electron chi connectivity index (χ3n) is 4.36. The van der Waals surface area contributed by atoms with Crippen molar-refractivity contribution in [1.29, 1.82) is 0 Å². The summed E-state index contributed by atoms with van der Waals surface area (Å²) in [6, 6.07) is 4.16. The molecule has 0 radical (unpaired) electrons. The van der Waals surface area contributed by atoms with Crippen LogP contribution < -0.4 is 15.7 Å². The van der Waals surface area contributed by atoms with Crippen molar-refractivity contribution in [3.8, 4) is 5.75 Å². The van der Waals surface area contributed by atoms with Gasteiger partial charge in [0.05, 0.1) is 11.0 Å². The first-order valence-electron chi connectivity index (χ1n) is 8.96. The van der Waals surface area contributed by atoms with Crippen molar-refractivity contribution < 1.29 is 23.9 Å². The summed E-state index contributed by atoms with van der Waals surface area (Å²) in [6.45, 7) is 5.05. The van der Waals surface area contributed by atoms with Crippen LogP contribution >= 0.6 is 0 Å². The molecular formula is C19H23N3O6. The fourth-order valence-electron chi connectivity index (χ4n) is 3.18. The Morgan fingerprint density at radius 2 is 1.93 bits per heavy atom. The van der Waals surface area contributed by atoms with Crippen LogP contribution in [0.3, 0.4) is 0 Å². The molecule has 0 saturated carbocycles. The number of amides is 2. The Kier molecular flexibility index (Phi) is 5.01. The minimum Gasteiger partial charge on any atom is -0.482 e. The van der Waals surface area contributed by atoms with Crippen LogP contribution in [0.5, 0.6) is 5.75 Å². The van der Waals surface area contributed by atoms with Crippen LogP contribution in [0, 0.1) is 0 Å². The molecule has 1 aromatic heterocycles. The topological polar surface area (TPSA) is 109 Å². The average Bonchev–Trinajstić information content (AvgIpc) is 2.83. The number of rotatable bonds is 4. The standard InChI is InChI=1S/C19H23N3O6/c1-19(2,3)28-16(24)10-27-11-5-6-12-14(9-11)21(4)18(26)22(12)13-7-8-15(23)20-17(13)25/h5-6,9,13H,7-8,10H2,1-4H3,(H,20,23,25). The van der Waals surface area contributed by atoms with E-state index in [0.29, 0.717) is 16.8 Å². The molecule has 9 heteroatoms. The van der Waals surface area contributed by atoms with E-state index >= 15 is 0 Å². The molecule has 1 aliphatic rings. The van der Waals surface area contributed by atoms with Gasteiger partial charge in [-0.1, -0.05) is 0 Å².